The van der Waals surface area contributed by atoms with Crippen LogP contribution < -0.4 is 14.5 Å². The second kappa shape index (κ2) is 12.6. The number of nitrogens with zero attached hydrogens (tertiary/aromatic N) is 6. The van der Waals surface area contributed by atoms with Crippen LogP contribution in [0.4, 0.5) is 22.7 Å². The second-order valence-corrected chi connectivity index (χ2v) is 14.8. The molecule has 7 nitrogen and oxygen atoms in total. The molecule has 0 atom stereocenters. The fraction of sp³-hybridized carbons (Fsp3) is 0.152. The van der Waals surface area contributed by atoms with Gasteiger partial charge in [-0.2, -0.15) is 0 Å². The molecule has 0 aliphatic carbocycles. The fourth-order valence-electron chi connectivity index (χ4n) is 7.70. The molecule has 5 heterocycles. The van der Waals surface area contributed by atoms with Crippen LogP contribution in [0.1, 0.15) is 37.5 Å². The summed E-state index contributed by atoms with van der Waals surface area (Å²) in [7, 11) is 0. The zero-order valence-electron chi connectivity index (χ0n) is 30.6. The van der Waals surface area contributed by atoms with Crippen LogP contribution in [0.15, 0.2) is 140 Å². The molecule has 7 heteroatoms. The van der Waals surface area contributed by atoms with Crippen molar-refractivity contribution in [1.29, 1.82) is 0 Å². The highest BCUT2D eigenvalue weighted by molar-refractivity contribution is 6.09. The van der Waals surface area contributed by atoms with Crippen LogP contribution in [0.3, 0.4) is 0 Å². The number of hydrogen-bond donors (Lipinski definition) is 0. The molecule has 0 unspecified atom stereocenters. The number of aromatic nitrogens is 4. The summed E-state index contributed by atoms with van der Waals surface area (Å²) in [5, 5.41) is 2.34. The number of fused-ring (bicyclic) bond motifs is 4. The van der Waals surface area contributed by atoms with Crippen molar-refractivity contribution in [2.24, 2.45) is 0 Å². The Bertz CT molecular complexity index is 2630. The van der Waals surface area contributed by atoms with E-state index >= 15 is 0 Å². The Morgan fingerprint density at radius 1 is 0.623 bits per heavy atom. The van der Waals surface area contributed by atoms with Gasteiger partial charge in [0.15, 0.2) is 0 Å². The lowest BCUT2D eigenvalue weighted by molar-refractivity contribution is 0.483. The first-order chi connectivity index (χ1) is 25.7. The Balaban J connectivity index is 1.06. The van der Waals surface area contributed by atoms with Gasteiger partial charge in [0.25, 0.3) is 0 Å². The summed E-state index contributed by atoms with van der Waals surface area (Å²) < 4.78 is 8.90. The SMILES string of the molecule is Cc1cc(-c2ccccn2)cc(C)c1N1CN(c2cccc(Oc3ccc4c5ccccc5n(-c5cc(C(C)(C)C)ccn5)c4c3)c2)c2cnccc21. The third-order valence-electron chi connectivity index (χ3n) is 10.2. The molecule has 0 N–H and O–H groups in total. The van der Waals surface area contributed by atoms with Crippen LogP contribution in [0, 0.1) is 13.8 Å². The topological polar surface area (TPSA) is 59.3 Å². The lowest BCUT2D eigenvalue weighted by atomic mass is 9.88. The van der Waals surface area contributed by atoms with Crippen molar-refractivity contribution in [2.75, 3.05) is 16.5 Å². The maximum atomic E-state index is 6.65. The number of rotatable bonds is 6. The van der Waals surface area contributed by atoms with Crippen LogP contribution in [0.5, 0.6) is 11.5 Å². The molecule has 0 bridgehead atoms. The smallest absolute Gasteiger partial charge is 0.137 e. The number of aryl methyl sites for hydroxylation is 2. The van der Waals surface area contributed by atoms with Crippen LogP contribution >= 0.6 is 0 Å². The monoisotopic (exact) mass is 692 g/mol. The average molecular weight is 693 g/mol. The molecule has 260 valence electrons. The van der Waals surface area contributed by atoms with Gasteiger partial charge in [-0.3, -0.25) is 14.5 Å². The zero-order valence-corrected chi connectivity index (χ0v) is 30.6. The van der Waals surface area contributed by atoms with Gasteiger partial charge in [-0.1, -0.05) is 51.1 Å². The first-order valence-electron chi connectivity index (χ1n) is 18.0. The summed E-state index contributed by atoms with van der Waals surface area (Å²) >= 11 is 0. The quantitative estimate of drug-likeness (QED) is 0.173. The van der Waals surface area contributed by atoms with Crippen molar-refractivity contribution >= 4 is 44.6 Å². The molecule has 4 aromatic heterocycles. The molecule has 0 radical (unpaired) electrons. The third kappa shape index (κ3) is 5.75. The van der Waals surface area contributed by atoms with E-state index in [2.05, 4.69) is 156 Å². The molecule has 1 aliphatic rings. The Morgan fingerprint density at radius 3 is 2.23 bits per heavy atom. The van der Waals surface area contributed by atoms with Crippen molar-refractivity contribution in [3.05, 3.63) is 157 Å². The van der Waals surface area contributed by atoms with Crippen molar-refractivity contribution in [1.82, 2.24) is 19.5 Å². The van der Waals surface area contributed by atoms with Gasteiger partial charge < -0.3 is 14.5 Å². The Morgan fingerprint density at radius 2 is 1.42 bits per heavy atom. The van der Waals surface area contributed by atoms with Crippen LogP contribution in [0.2, 0.25) is 0 Å². The minimum atomic E-state index is 0.00105. The van der Waals surface area contributed by atoms with E-state index in [9.17, 15) is 0 Å². The Labute approximate surface area is 309 Å². The van der Waals surface area contributed by atoms with Gasteiger partial charge in [0, 0.05) is 58.4 Å². The summed E-state index contributed by atoms with van der Waals surface area (Å²) in [4.78, 5) is 18.7. The van der Waals surface area contributed by atoms with Crippen LogP contribution in [-0.2, 0) is 5.41 Å². The fourth-order valence-corrected chi connectivity index (χ4v) is 7.70. The largest absolute Gasteiger partial charge is 0.457 e. The van der Waals surface area contributed by atoms with Gasteiger partial charge in [-0.05, 0) is 109 Å². The molecular formula is C46H40N6O. The number of ether oxygens (including phenoxy) is 1. The van der Waals surface area contributed by atoms with Gasteiger partial charge >= 0.3 is 0 Å². The lowest BCUT2D eigenvalue weighted by Gasteiger charge is -2.26. The summed E-state index contributed by atoms with van der Waals surface area (Å²) in [6, 6.07) is 40.1. The van der Waals surface area contributed by atoms with Crippen molar-refractivity contribution in [2.45, 2.75) is 40.0 Å². The molecule has 0 spiro atoms. The molecule has 9 rings (SSSR count). The highest BCUT2D eigenvalue weighted by atomic mass is 16.5. The van der Waals surface area contributed by atoms with E-state index in [0.29, 0.717) is 6.67 Å². The van der Waals surface area contributed by atoms with Gasteiger partial charge in [0.1, 0.15) is 24.0 Å². The van der Waals surface area contributed by atoms with E-state index in [-0.39, 0.29) is 5.41 Å². The molecule has 0 saturated heterocycles. The number of benzene rings is 4. The molecule has 53 heavy (non-hydrogen) atoms. The van der Waals surface area contributed by atoms with Gasteiger partial charge in [0.05, 0.1) is 34.3 Å². The highest BCUT2D eigenvalue weighted by Gasteiger charge is 2.30. The number of pyridine rings is 3. The minimum Gasteiger partial charge on any atom is -0.457 e. The molecule has 4 aromatic carbocycles. The maximum absolute atomic E-state index is 6.65. The van der Waals surface area contributed by atoms with E-state index < -0.39 is 0 Å². The van der Waals surface area contributed by atoms with Crippen LogP contribution in [-0.4, -0.2) is 26.2 Å². The number of para-hydroxylation sites is 1. The van der Waals surface area contributed by atoms with Crippen molar-refractivity contribution in [3.8, 4) is 28.6 Å². The molecule has 1 aliphatic heterocycles. The van der Waals surface area contributed by atoms with E-state index in [0.717, 1.165) is 62.1 Å². The van der Waals surface area contributed by atoms with E-state index in [1.54, 1.807) is 0 Å². The Kier molecular flexibility index (Phi) is 7.73. The van der Waals surface area contributed by atoms with Crippen molar-refractivity contribution < 1.29 is 4.74 Å². The second-order valence-electron chi connectivity index (χ2n) is 14.8. The Hall–Kier alpha value is -6.47. The highest BCUT2D eigenvalue weighted by Crippen LogP contribution is 2.47. The predicted octanol–water partition coefficient (Wildman–Crippen LogP) is 11.6. The summed E-state index contributed by atoms with van der Waals surface area (Å²) in [6.45, 7) is 11.7. The third-order valence-corrected chi connectivity index (χ3v) is 10.2. The standard InChI is InChI=1S/C46H40N6O/c1-30-23-32(39-14-8-9-20-48-39)24-31(2)45(30)51-29-50(43-28-47-21-19-41(43)51)34-11-10-12-35(26-34)53-36-16-17-38-37-13-6-7-15-40(37)52(42(38)27-36)44-25-33(18-22-49-44)46(3,4)5/h6-28H,29H2,1-5H3. The van der Waals surface area contributed by atoms with E-state index in [1.165, 1.54) is 27.8 Å². The van der Waals surface area contributed by atoms with Gasteiger partial charge in [0.2, 0.25) is 0 Å². The molecular weight excluding hydrogens is 653 g/mol. The zero-order chi connectivity index (χ0) is 36.3. The van der Waals surface area contributed by atoms with Crippen molar-refractivity contribution in [3.63, 3.8) is 0 Å². The van der Waals surface area contributed by atoms with E-state index in [4.69, 9.17) is 9.72 Å². The summed E-state index contributed by atoms with van der Waals surface area (Å²) in [5.41, 5.74) is 12.3. The number of anilines is 4. The van der Waals surface area contributed by atoms with Gasteiger partial charge in [-0.15, -0.1) is 0 Å². The molecule has 0 fully saturated rings. The van der Waals surface area contributed by atoms with E-state index in [1.807, 2.05) is 43.0 Å². The average Bonchev–Trinajstić information content (AvgIpc) is 3.71. The maximum Gasteiger partial charge on any atom is 0.137 e. The molecule has 0 amide bonds. The summed E-state index contributed by atoms with van der Waals surface area (Å²) in [5.74, 6) is 2.41. The first-order valence-corrected chi connectivity index (χ1v) is 18.0. The number of hydrogen-bond acceptors (Lipinski definition) is 6. The minimum absolute atomic E-state index is 0.00105. The summed E-state index contributed by atoms with van der Waals surface area (Å²) in [6.07, 6.45) is 7.57. The predicted molar refractivity (Wildman–Crippen MR) is 216 cm³/mol. The lowest BCUT2D eigenvalue weighted by Crippen LogP contribution is -2.25. The normalized spacial score (nSPS) is 12.8. The first kappa shape index (κ1) is 32.4. The van der Waals surface area contributed by atoms with Crippen LogP contribution in [0.25, 0.3) is 38.9 Å². The molecule has 0 saturated carbocycles. The van der Waals surface area contributed by atoms with Gasteiger partial charge in [-0.25, -0.2) is 4.98 Å². The molecule has 8 aromatic rings.